The van der Waals surface area contributed by atoms with Crippen LogP contribution in [0, 0.1) is 0 Å². The molecule has 0 rings (SSSR count). The molecule has 0 aliphatic rings. The number of nitrogens with zero attached hydrogens (tertiary/aromatic N) is 1. The van der Waals surface area contributed by atoms with E-state index in [9.17, 15) is 4.79 Å². The highest BCUT2D eigenvalue weighted by molar-refractivity contribution is 5.75. The second-order valence-electron chi connectivity index (χ2n) is 7.72. The monoisotopic (exact) mass is 368 g/mol. The zero-order chi connectivity index (χ0) is 19.3. The van der Waals surface area contributed by atoms with Crippen molar-refractivity contribution >= 4 is 5.91 Å². The molecule has 0 atom stereocenters. The lowest BCUT2D eigenvalue weighted by atomic mass is 10.0. The molecule has 26 heavy (non-hydrogen) atoms. The van der Waals surface area contributed by atoms with Crippen LogP contribution in [0.25, 0.3) is 0 Å². The van der Waals surface area contributed by atoms with Crippen LogP contribution in [0.4, 0.5) is 0 Å². The summed E-state index contributed by atoms with van der Waals surface area (Å²) in [6.45, 7) is 10.5. The quantitative estimate of drug-likeness (QED) is 0.255. The molecule has 0 saturated heterocycles. The van der Waals surface area contributed by atoms with Crippen LogP contribution in [0.3, 0.4) is 0 Å². The summed E-state index contributed by atoms with van der Waals surface area (Å²) in [6, 6.07) is 0. The number of hydrogen-bond acceptors (Lipinski definition) is 2. The summed E-state index contributed by atoms with van der Waals surface area (Å²) >= 11 is 0. The van der Waals surface area contributed by atoms with Crippen molar-refractivity contribution in [3.8, 4) is 0 Å². The van der Waals surface area contributed by atoms with E-state index in [1.54, 1.807) is 0 Å². The van der Waals surface area contributed by atoms with E-state index in [4.69, 9.17) is 0 Å². The Hall–Kier alpha value is -0.570. The van der Waals surface area contributed by atoms with Gasteiger partial charge in [-0.3, -0.25) is 4.79 Å². The van der Waals surface area contributed by atoms with Gasteiger partial charge in [0, 0.05) is 19.5 Å². The zero-order valence-corrected chi connectivity index (χ0v) is 18.3. The minimum absolute atomic E-state index is 0.232. The van der Waals surface area contributed by atoms with Crippen LogP contribution < -0.4 is 5.32 Å². The standard InChI is InChI=1S/C23H48N2O/c1-4-7-8-9-10-11-12-13-14-15-16-17-18-19-20-23(26)24-21-22-25(5-2)6-3/h4-22H2,1-3H3,(H,24,26). The smallest absolute Gasteiger partial charge is 0.220 e. The molecule has 0 saturated carbocycles. The molecule has 0 aromatic carbocycles. The minimum Gasteiger partial charge on any atom is -0.355 e. The summed E-state index contributed by atoms with van der Waals surface area (Å²) in [4.78, 5) is 14.1. The summed E-state index contributed by atoms with van der Waals surface area (Å²) in [5.74, 6) is 0.232. The number of likely N-dealkylation sites (N-methyl/N-ethyl adjacent to an activating group) is 1. The van der Waals surface area contributed by atoms with Gasteiger partial charge in [-0.25, -0.2) is 0 Å². The summed E-state index contributed by atoms with van der Waals surface area (Å²) < 4.78 is 0. The van der Waals surface area contributed by atoms with Crippen LogP contribution in [-0.2, 0) is 4.79 Å². The molecule has 156 valence electrons. The number of unbranched alkanes of at least 4 members (excludes halogenated alkanes) is 13. The summed E-state index contributed by atoms with van der Waals surface area (Å²) in [7, 11) is 0. The van der Waals surface area contributed by atoms with Gasteiger partial charge >= 0.3 is 0 Å². The van der Waals surface area contributed by atoms with Gasteiger partial charge in [-0.2, -0.15) is 0 Å². The molecule has 0 aromatic heterocycles. The minimum atomic E-state index is 0.232. The highest BCUT2D eigenvalue weighted by atomic mass is 16.1. The molecule has 0 aliphatic carbocycles. The molecule has 0 spiro atoms. The Morgan fingerprint density at radius 3 is 1.50 bits per heavy atom. The van der Waals surface area contributed by atoms with Gasteiger partial charge < -0.3 is 10.2 Å². The van der Waals surface area contributed by atoms with Crippen molar-refractivity contribution in [2.45, 2.75) is 117 Å². The summed E-state index contributed by atoms with van der Waals surface area (Å²) in [5, 5.41) is 3.05. The fourth-order valence-corrected chi connectivity index (χ4v) is 3.46. The highest BCUT2D eigenvalue weighted by Gasteiger charge is 2.02. The topological polar surface area (TPSA) is 32.3 Å². The van der Waals surface area contributed by atoms with Crippen LogP contribution in [0.2, 0.25) is 0 Å². The van der Waals surface area contributed by atoms with Gasteiger partial charge in [0.05, 0.1) is 0 Å². The van der Waals surface area contributed by atoms with Crippen molar-refractivity contribution in [2.24, 2.45) is 0 Å². The normalized spacial score (nSPS) is 11.2. The first-order valence-electron chi connectivity index (χ1n) is 11.7. The van der Waals surface area contributed by atoms with Crippen molar-refractivity contribution in [1.82, 2.24) is 10.2 Å². The molecule has 3 heteroatoms. The number of nitrogens with one attached hydrogen (secondary N) is 1. The van der Waals surface area contributed by atoms with Crippen LogP contribution in [0.5, 0.6) is 0 Å². The average molecular weight is 369 g/mol. The van der Waals surface area contributed by atoms with Gasteiger partial charge in [0.15, 0.2) is 0 Å². The van der Waals surface area contributed by atoms with Gasteiger partial charge in [0.2, 0.25) is 5.91 Å². The molecule has 0 unspecified atom stereocenters. The van der Waals surface area contributed by atoms with E-state index in [-0.39, 0.29) is 5.91 Å². The molecule has 1 amide bonds. The largest absolute Gasteiger partial charge is 0.355 e. The molecular formula is C23H48N2O. The van der Waals surface area contributed by atoms with Crippen LogP contribution in [0.1, 0.15) is 117 Å². The van der Waals surface area contributed by atoms with E-state index in [1.165, 1.54) is 83.5 Å². The Balaban J connectivity index is 3.20. The van der Waals surface area contributed by atoms with E-state index >= 15 is 0 Å². The third-order valence-corrected chi connectivity index (χ3v) is 5.40. The number of amides is 1. The fraction of sp³-hybridized carbons (Fsp3) is 0.957. The van der Waals surface area contributed by atoms with E-state index < -0.39 is 0 Å². The van der Waals surface area contributed by atoms with E-state index in [0.29, 0.717) is 6.42 Å². The molecule has 0 heterocycles. The second kappa shape index (κ2) is 20.7. The first-order chi connectivity index (χ1) is 12.7. The average Bonchev–Trinajstić information content (AvgIpc) is 2.65. The van der Waals surface area contributed by atoms with Crippen molar-refractivity contribution in [3.05, 3.63) is 0 Å². The molecular weight excluding hydrogens is 320 g/mol. The molecule has 0 bridgehead atoms. The lowest BCUT2D eigenvalue weighted by Crippen LogP contribution is -2.34. The molecule has 0 fully saturated rings. The zero-order valence-electron chi connectivity index (χ0n) is 18.3. The number of rotatable bonds is 20. The highest BCUT2D eigenvalue weighted by Crippen LogP contribution is 2.13. The van der Waals surface area contributed by atoms with E-state index in [2.05, 4.69) is 31.0 Å². The maximum atomic E-state index is 11.8. The predicted molar refractivity (Wildman–Crippen MR) is 116 cm³/mol. The molecule has 0 aromatic rings. The fourth-order valence-electron chi connectivity index (χ4n) is 3.46. The maximum Gasteiger partial charge on any atom is 0.220 e. The van der Waals surface area contributed by atoms with E-state index in [1.807, 2.05) is 0 Å². The lowest BCUT2D eigenvalue weighted by Gasteiger charge is -2.17. The molecule has 1 N–H and O–H groups in total. The summed E-state index contributed by atoms with van der Waals surface area (Å²) in [5.41, 5.74) is 0. The van der Waals surface area contributed by atoms with E-state index in [0.717, 1.165) is 32.6 Å². The predicted octanol–water partition coefficient (Wildman–Crippen LogP) is 6.32. The Morgan fingerprint density at radius 1 is 0.654 bits per heavy atom. The third-order valence-electron chi connectivity index (χ3n) is 5.40. The van der Waals surface area contributed by atoms with Gasteiger partial charge in [-0.1, -0.05) is 104 Å². The first kappa shape index (κ1) is 25.4. The van der Waals surface area contributed by atoms with Gasteiger partial charge in [0.1, 0.15) is 0 Å². The lowest BCUT2D eigenvalue weighted by molar-refractivity contribution is -0.121. The Labute approximate surface area is 164 Å². The maximum absolute atomic E-state index is 11.8. The van der Waals surface area contributed by atoms with Gasteiger partial charge in [-0.15, -0.1) is 0 Å². The SMILES string of the molecule is CCCCCCCCCCCCCCCCC(=O)NCCN(CC)CC. The van der Waals surface area contributed by atoms with Crippen LogP contribution >= 0.6 is 0 Å². The van der Waals surface area contributed by atoms with Crippen molar-refractivity contribution in [1.29, 1.82) is 0 Å². The number of carbonyl (C=O) groups is 1. The Morgan fingerprint density at radius 2 is 1.08 bits per heavy atom. The number of carbonyl (C=O) groups excluding carboxylic acids is 1. The van der Waals surface area contributed by atoms with Crippen LogP contribution in [-0.4, -0.2) is 37.0 Å². The Kier molecular flexibility index (Phi) is 20.3. The second-order valence-corrected chi connectivity index (χ2v) is 7.72. The first-order valence-corrected chi connectivity index (χ1v) is 11.7. The van der Waals surface area contributed by atoms with Gasteiger partial charge in [-0.05, 0) is 19.5 Å². The van der Waals surface area contributed by atoms with Crippen LogP contribution in [0.15, 0.2) is 0 Å². The Bertz CT molecular complexity index is 290. The van der Waals surface area contributed by atoms with Crippen molar-refractivity contribution < 1.29 is 4.79 Å². The number of hydrogen-bond donors (Lipinski definition) is 1. The summed E-state index contributed by atoms with van der Waals surface area (Å²) in [6.07, 6.45) is 19.8. The molecule has 0 radical (unpaired) electrons. The molecule has 3 nitrogen and oxygen atoms in total. The van der Waals surface area contributed by atoms with Crippen molar-refractivity contribution in [3.63, 3.8) is 0 Å². The van der Waals surface area contributed by atoms with Crippen molar-refractivity contribution in [2.75, 3.05) is 26.2 Å². The third kappa shape index (κ3) is 18.2. The van der Waals surface area contributed by atoms with Gasteiger partial charge in [0.25, 0.3) is 0 Å². The molecule has 0 aliphatic heterocycles.